The number of benzene rings is 1. The molecule has 0 atom stereocenters. The Kier molecular flexibility index (Phi) is 3.15. The highest BCUT2D eigenvalue weighted by Gasteiger charge is 2.09. The maximum Gasteiger partial charge on any atom is 0.305 e. The summed E-state index contributed by atoms with van der Waals surface area (Å²) in [6.45, 7) is 0. The average molecular weight is 238 g/mol. The van der Waals surface area contributed by atoms with Gasteiger partial charge in [0, 0.05) is 23.5 Å². The van der Waals surface area contributed by atoms with E-state index >= 15 is 0 Å². The number of esters is 1. The third-order valence-corrected chi connectivity index (χ3v) is 2.88. The zero-order valence-corrected chi connectivity index (χ0v) is 9.67. The minimum absolute atomic E-state index is 0.207. The molecule has 0 saturated heterocycles. The van der Waals surface area contributed by atoms with Crippen molar-refractivity contribution in [3.63, 3.8) is 0 Å². The predicted octanol–water partition coefficient (Wildman–Crippen LogP) is 2.93. The van der Waals surface area contributed by atoms with Crippen molar-refractivity contribution in [2.45, 2.75) is 12.8 Å². The number of carbonyl (C=O) groups excluding carboxylic acids is 1. The Labute approximate surface area is 98.4 Å². The van der Waals surface area contributed by atoms with Gasteiger partial charge in [0.1, 0.15) is 0 Å². The zero-order chi connectivity index (χ0) is 11.5. The van der Waals surface area contributed by atoms with Gasteiger partial charge >= 0.3 is 5.97 Å². The van der Waals surface area contributed by atoms with Crippen LogP contribution in [-0.4, -0.2) is 18.1 Å². The number of rotatable bonds is 3. The molecule has 0 fully saturated rings. The van der Waals surface area contributed by atoms with Gasteiger partial charge < -0.3 is 9.72 Å². The van der Waals surface area contributed by atoms with Gasteiger partial charge in [-0.1, -0.05) is 17.7 Å². The van der Waals surface area contributed by atoms with Crippen molar-refractivity contribution in [2.75, 3.05) is 7.11 Å². The van der Waals surface area contributed by atoms with E-state index in [9.17, 15) is 4.79 Å². The molecule has 1 aromatic heterocycles. The molecule has 1 heterocycles. The SMILES string of the molecule is COC(=O)CCc1c[nH]c2cccc(Cl)c12. The lowest BCUT2D eigenvalue weighted by Gasteiger charge is -2.00. The lowest BCUT2D eigenvalue weighted by atomic mass is 10.1. The standard InChI is InChI=1S/C12H12ClNO2/c1-16-11(15)6-5-8-7-14-10-4-2-3-9(13)12(8)10/h2-4,7,14H,5-6H2,1H3. The number of halogens is 1. The average Bonchev–Trinajstić information content (AvgIpc) is 2.70. The molecule has 0 unspecified atom stereocenters. The first kappa shape index (κ1) is 11.0. The fraction of sp³-hybridized carbons (Fsp3) is 0.250. The van der Waals surface area contributed by atoms with Crippen molar-refractivity contribution in [3.05, 3.63) is 35.0 Å². The number of nitrogens with one attached hydrogen (secondary N) is 1. The molecule has 1 aromatic carbocycles. The van der Waals surface area contributed by atoms with Crippen LogP contribution in [0.15, 0.2) is 24.4 Å². The Morgan fingerprint density at radius 3 is 3.06 bits per heavy atom. The van der Waals surface area contributed by atoms with Crippen molar-refractivity contribution in [3.8, 4) is 0 Å². The number of aromatic amines is 1. The molecule has 0 radical (unpaired) electrons. The monoisotopic (exact) mass is 237 g/mol. The van der Waals surface area contributed by atoms with Crippen LogP contribution in [0.25, 0.3) is 10.9 Å². The Hall–Kier alpha value is -1.48. The zero-order valence-electron chi connectivity index (χ0n) is 8.92. The fourth-order valence-corrected chi connectivity index (χ4v) is 2.04. The summed E-state index contributed by atoms with van der Waals surface area (Å²) in [5.74, 6) is -0.207. The van der Waals surface area contributed by atoms with E-state index in [1.165, 1.54) is 7.11 Å². The molecule has 0 bridgehead atoms. The first-order valence-corrected chi connectivity index (χ1v) is 5.41. The van der Waals surface area contributed by atoms with E-state index in [-0.39, 0.29) is 5.97 Å². The van der Waals surface area contributed by atoms with Crippen LogP contribution in [0, 0.1) is 0 Å². The van der Waals surface area contributed by atoms with Gasteiger partial charge in [0.15, 0.2) is 0 Å². The summed E-state index contributed by atoms with van der Waals surface area (Å²) in [6, 6.07) is 5.70. The molecular weight excluding hydrogens is 226 g/mol. The molecular formula is C12H12ClNO2. The highest BCUT2D eigenvalue weighted by Crippen LogP contribution is 2.27. The predicted molar refractivity (Wildman–Crippen MR) is 63.6 cm³/mol. The summed E-state index contributed by atoms with van der Waals surface area (Å²) in [7, 11) is 1.39. The van der Waals surface area contributed by atoms with Gasteiger partial charge in [-0.25, -0.2) is 0 Å². The van der Waals surface area contributed by atoms with Crippen molar-refractivity contribution in [1.29, 1.82) is 0 Å². The van der Waals surface area contributed by atoms with Gasteiger partial charge in [-0.15, -0.1) is 0 Å². The second-order valence-electron chi connectivity index (χ2n) is 3.55. The van der Waals surface area contributed by atoms with Crippen molar-refractivity contribution >= 4 is 28.5 Å². The highest BCUT2D eigenvalue weighted by atomic mass is 35.5. The molecule has 0 aliphatic carbocycles. The Morgan fingerprint density at radius 2 is 2.31 bits per heavy atom. The van der Waals surface area contributed by atoms with Crippen LogP contribution in [0.4, 0.5) is 0 Å². The maximum atomic E-state index is 11.1. The third-order valence-electron chi connectivity index (χ3n) is 2.56. The number of methoxy groups -OCH3 is 1. The van der Waals surface area contributed by atoms with Gasteiger partial charge in [0.2, 0.25) is 0 Å². The minimum atomic E-state index is -0.207. The summed E-state index contributed by atoms with van der Waals surface area (Å²) >= 11 is 6.12. The normalized spacial score (nSPS) is 10.6. The molecule has 3 nitrogen and oxygen atoms in total. The van der Waals surface area contributed by atoms with Crippen molar-refractivity contribution in [1.82, 2.24) is 4.98 Å². The van der Waals surface area contributed by atoms with Crippen LogP contribution >= 0.6 is 11.6 Å². The number of H-pyrrole nitrogens is 1. The van der Waals surface area contributed by atoms with E-state index in [4.69, 9.17) is 11.6 Å². The van der Waals surface area contributed by atoms with E-state index in [1.807, 2.05) is 24.4 Å². The first-order valence-electron chi connectivity index (χ1n) is 5.03. The number of aryl methyl sites for hydroxylation is 1. The topological polar surface area (TPSA) is 42.1 Å². The molecule has 2 aromatic rings. The number of hydrogen-bond donors (Lipinski definition) is 1. The number of ether oxygens (including phenoxy) is 1. The first-order chi connectivity index (χ1) is 7.72. The van der Waals surface area contributed by atoms with Crippen LogP contribution in [0.2, 0.25) is 5.02 Å². The van der Waals surface area contributed by atoms with E-state index < -0.39 is 0 Å². The van der Waals surface area contributed by atoms with Gasteiger partial charge in [-0.05, 0) is 24.1 Å². The Morgan fingerprint density at radius 1 is 1.50 bits per heavy atom. The number of hydrogen-bond acceptors (Lipinski definition) is 2. The molecule has 84 valence electrons. The second kappa shape index (κ2) is 4.58. The Bertz CT molecular complexity index is 519. The summed E-state index contributed by atoms with van der Waals surface area (Å²) in [5, 5.41) is 1.70. The highest BCUT2D eigenvalue weighted by molar-refractivity contribution is 6.35. The molecule has 4 heteroatoms. The van der Waals surface area contributed by atoms with Gasteiger partial charge in [0.05, 0.1) is 12.1 Å². The maximum absolute atomic E-state index is 11.1. The van der Waals surface area contributed by atoms with Gasteiger partial charge in [0.25, 0.3) is 0 Å². The van der Waals surface area contributed by atoms with E-state index in [2.05, 4.69) is 9.72 Å². The van der Waals surface area contributed by atoms with Crippen LogP contribution in [0.1, 0.15) is 12.0 Å². The smallest absolute Gasteiger partial charge is 0.305 e. The summed E-state index contributed by atoms with van der Waals surface area (Å²) in [4.78, 5) is 14.2. The van der Waals surface area contributed by atoms with Crippen LogP contribution in [0.3, 0.4) is 0 Å². The quantitative estimate of drug-likeness (QED) is 0.834. The number of fused-ring (bicyclic) bond motifs is 1. The van der Waals surface area contributed by atoms with E-state index in [0.717, 1.165) is 16.5 Å². The van der Waals surface area contributed by atoms with Crippen LogP contribution in [0.5, 0.6) is 0 Å². The Balaban J connectivity index is 2.28. The largest absolute Gasteiger partial charge is 0.469 e. The lowest BCUT2D eigenvalue weighted by molar-refractivity contribution is -0.140. The third kappa shape index (κ3) is 2.04. The summed E-state index contributed by atoms with van der Waals surface area (Å²) in [5.41, 5.74) is 2.04. The number of aromatic nitrogens is 1. The molecule has 2 rings (SSSR count). The van der Waals surface area contributed by atoms with E-state index in [0.29, 0.717) is 17.9 Å². The van der Waals surface area contributed by atoms with Gasteiger partial charge in [-0.3, -0.25) is 4.79 Å². The second-order valence-corrected chi connectivity index (χ2v) is 3.96. The van der Waals surface area contributed by atoms with Crippen molar-refractivity contribution in [2.24, 2.45) is 0 Å². The van der Waals surface area contributed by atoms with Crippen LogP contribution < -0.4 is 0 Å². The molecule has 16 heavy (non-hydrogen) atoms. The fourth-order valence-electron chi connectivity index (χ4n) is 1.74. The minimum Gasteiger partial charge on any atom is -0.469 e. The lowest BCUT2D eigenvalue weighted by Crippen LogP contribution is -2.01. The molecule has 0 amide bonds. The molecule has 0 saturated carbocycles. The summed E-state index contributed by atoms with van der Waals surface area (Å²) < 4.78 is 4.61. The van der Waals surface area contributed by atoms with Crippen LogP contribution in [-0.2, 0) is 16.0 Å². The van der Waals surface area contributed by atoms with Crippen molar-refractivity contribution < 1.29 is 9.53 Å². The molecule has 0 spiro atoms. The van der Waals surface area contributed by atoms with Gasteiger partial charge in [-0.2, -0.15) is 0 Å². The molecule has 1 N–H and O–H groups in total. The molecule has 0 aliphatic rings. The number of carbonyl (C=O) groups is 1. The summed E-state index contributed by atoms with van der Waals surface area (Å²) in [6.07, 6.45) is 2.89. The molecule has 0 aliphatic heterocycles. The van der Waals surface area contributed by atoms with E-state index in [1.54, 1.807) is 0 Å².